The Kier molecular flexibility index (Phi) is 4.04. The lowest BCUT2D eigenvalue weighted by atomic mass is 10.5. The normalized spacial score (nSPS) is 13.3. The van der Waals surface area contributed by atoms with Crippen molar-refractivity contribution in [2.75, 3.05) is 14.2 Å². The molecule has 3 nitrogen and oxygen atoms in total. The monoisotopic (exact) mass is 149 g/mol. The highest BCUT2D eigenvalue weighted by molar-refractivity contribution is 6.34. The molecule has 0 atom stereocenters. The van der Waals surface area contributed by atoms with Crippen LogP contribution in [-0.4, -0.2) is 29.3 Å². The van der Waals surface area contributed by atoms with Gasteiger partial charge in [0.05, 0.1) is 0 Å². The third kappa shape index (κ3) is 2.06. The van der Waals surface area contributed by atoms with Gasteiger partial charge in [-0.15, -0.1) is 0 Å². The largest absolute Gasteiger partial charge is 0.356 e. The molecule has 0 radical (unpaired) electrons. The second-order valence-electron chi connectivity index (χ2n) is 1.88. The molecule has 0 aromatic carbocycles. The van der Waals surface area contributed by atoms with E-state index in [1.165, 1.54) is 0 Å². The predicted molar refractivity (Wildman–Crippen MR) is 39.8 cm³/mol. The van der Waals surface area contributed by atoms with Crippen molar-refractivity contribution in [2.45, 2.75) is 18.8 Å². The quantitative estimate of drug-likeness (QED) is 0.428. The molecule has 4 heteroatoms. The molecule has 0 rings (SSSR count). The SMILES string of the molecule is CCC(OC)(OC)[SiH2]N. The first kappa shape index (κ1) is 9.10. The van der Waals surface area contributed by atoms with E-state index in [2.05, 4.69) is 0 Å². The standard InChI is InChI=1S/C5H15NO2Si/c1-4-5(7-2,8-3)9-6/h4,6,9H2,1-3H3. The van der Waals surface area contributed by atoms with Crippen LogP contribution in [0.3, 0.4) is 0 Å². The summed E-state index contributed by atoms with van der Waals surface area (Å²) in [5, 5.41) is 5.53. The summed E-state index contributed by atoms with van der Waals surface area (Å²) in [5.74, 6) is 0. The van der Waals surface area contributed by atoms with Crippen LogP contribution in [0.15, 0.2) is 0 Å². The third-order valence-electron chi connectivity index (χ3n) is 1.59. The van der Waals surface area contributed by atoms with Gasteiger partial charge >= 0.3 is 0 Å². The lowest BCUT2D eigenvalue weighted by Gasteiger charge is -2.27. The number of hydrogen-bond acceptors (Lipinski definition) is 3. The molecule has 2 N–H and O–H groups in total. The van der Waals surface area contributed by atoms with Crippen molar-refractivity contribution in [1.82, 2.24) is 0 Å². The van der Waals surface area contributed by atoms with Crippen molar-refractivity contribution >= 4 is 9.68 Å². The van der Waals surface area contributed by atoms with Crippen LogP contribution in [-0.2, 0) is 9.47 Å². The number of hydrogen-bond donors (Lipinski definition) is 1. The van der Waals surface area contributed by atoms with Crippen LogP contribution in [0, 0.1) is 0 Å². The summed E-state index contributed by atoms with van der Waals surface area (Å²) in [4.78, 5) is 0. The van der Waals surface area contributed by atoms with Crippen LogP contribution in [0.1, 0.15) is 13.3 Å². The Morgan fingerprint density at radius 3 is 1.89 bits per heavy atom. The van der Waals surface area contributed by atoms with Crippen LogP contribution in [0.2, 0.25) is 0 Å². The van der Waals surface area contributed by atoms with Gasteiger partial charge in [-0.3, -0.25) is 0 Å². The first-order chi connectivity index (χ1) is 4.24. The van der Waals surface area contributed by atoms with Gasteiger partial charge in [0.1, 0.15) is 0 Å². The number of nitrogens with two attached hydrogens (primary N) is 1. The highest BCUT2D eigenvalue weighted by Gasteiger charge is 2.24. The number of methoxy groups -OCH3 is 2. The fourth-order valence-corrected chi connectivity index (χ4v) is 1.31. The summed E-state index contributed by atoms with van der Waals surface area (Å²) in [6, 6.07) is 0. The Hall–Kier alpha value is 0.0969. The first-order valence-electron chi connectivity index (χ1n) is 3.05. The average Bonchev–Trinajstić information content (AvgIpc) is 1.95. The molecule has 0 unspecified atom stereocenters. The lowest BCUT2D eigenvalue weighted by Crippen LogP contribution is -2.44. The van der Waals surface area contributed by atoms with Gasteiger partial charge in [0, 0.05) is 14.2 Å². The Balaban J connectivity index is 3.82. The third-order valence-corrected chi connectivity index (χ3v) is 3.29. The maximum absolute atomic E-state index is 5.53. The molecule has 56 valence electrons. The minimum atomic E-state index is -0.723. The minimum Gasteiger partial charge on any atom is -0.356 e. The second kappa shape index (κ2) is 4.00. The summed E-state index contributed by atoms with van der Waals surface area (Å²) in [6.45, 7) is 2.01. The fourth-order valence-electron chi connectivity index (χ4n) is 0.683. The summed E-state index contributed by atoms with van der Waals surface area (Å²) >= 11 is 0. The molecule has 0 heterocycles. The highest BCUT2D eigenvalue weighted by Crippen LogP contribution is 2.11. The van der Waals surface area contributed by atoms with Crippen molar-refractivity contribution < 1.29 is 9.47 Å². The molecule has 0 saturated carbocycles. The zero-order valence-corrected chi connectivity index (χ0v) is 7.72. The summed E-state index contributed by atoms with van der Waals surface area (Å²) < 4.78 is 10.2. The predicted octanol–water partition coefficient (Wildman–Crippen LogP) is -0.615. The van der Waals surface area contributed by atoms with E-state index >= 15 is 0 Å². The van der Waals surface area contributed by atoms with Crippen molar-refractivity contribution in [3.05, 3.63) is 0 Å². The molecule has 0 spiro atoms. The van der Waals surface area contributed by atoms with Crippen molar-refractivity contribution in [3.63, 3.8) is 0 Å². The van der Waals surface area contributed by atoms with Crippen molar-refractivity contribution in [3.8, 4) is 0 Å². The van der Waals surface area contributed by atoms with Gasteiger partial charge in [-0.25, -0.2) is 0 Å². The Morgan fingerprint density at radius 2 is 1.89 bits per heavy atom. The van der Waals surface area contributed by atoms with Gasteiger partial charge in [-0.1, -0.05) is 6.92 Å². The van der Waals surface area contributed by atoms with E-state index in [1.54, 1.807) is 14.2 Å². The second-order valence-corrected chi connectivity index (χ2v) is 3.36. The molecule has 0 aromatic rings. The molecule has 0 bridgehead atoms. The Labute approximate surface area is 58.4 Å². The van der Waals surface area contributed by atoms with Gasteiger partial charge in [0.15, 0.2) is 15.1 Å². The van der Waals surface area contributed by atoms with E-state index in [-0.39, 0.29) is 0 Å². The maximum atomic E-state index is 5.53. The van der Waals surface area contributed by atoms with Crippen molar-refractivity contribution in [2.24, 2.45) is 5.40 Å². The average molecular weight is 149 g/mol. The van der Waals surface area contributed by atoms with Gasteiger partial charge in [0.25, 0.3) is 0 Å². The van der Waals surface area contributed by atoms with Crippen LogP contribution in [0.25, 0.3) is 0 Å². The molecule has 0 aliphatic carbocycles. The Morgan fingerprint density at radius 1 is 1.44 bits per heavy atom. The van der Waals surface area contributed by atoms with Crippen LogP contribution in [0.4, 0.5) is 0 Å². The number of rotatable bonds is 4. The molecule has 0 saturated heterocycles. The molecule has 0 aromatic heterocycles. The Bertz CT molecular complexity index is 57.8. The van der Waals surface area contributed by atoms with Crippen LogP contribution in [0.5, 0.6) is 0 Å². The molecule has 0 fully saturated rings. The zero-order chi connectivity index (χ0) is 7.33. The first-order valence-corrected chi connectivity index (χ1v) is 4.57. The fraction of sp³-hybridized carbons (Fsp3) is 1.00. The number of ether oxygens (including phenoxy) is 2. The van der Waals surface area contributed by atoms with Crippen LogP contribution < -0.4 is 5.40 Å². The van der Waals surface area contributed by atoms with E-state index < -0.39 is 15.1 Å². The van der Waals surface area contributed by atoms with Crippen molar-refractivity contribution in [1.29, 1.82) is 0 Å². The summed E-state index contributed by atoms with van der Waals surface area (Å²) in [7, 11) is 2.54. The zero-order valence-electron chi connectivity index (χ0n) is 6.31. The van der Waals surface area contributed by atoms with Gasteiger partial charge in [-0.2, -0.15) is 0 Å². The minimum absolute atomic E-state index is 0.417. The van der Waals surface area contributed by atoms with E-state index in [1.807, 2.05) is 6.92 Å². The lowest BCUT2D eigenvalue weighted by molar-refractivity contribution is -0.146. The summed E-state index contributed by atoms with van der Waals surface area (Å²) in [5.41, 5.74) is -0.417. The topological polar surface area (TPSA) is 44.5 Å². The highest BCUT2D eigenvalue weighted by atomic mass is 28.2. The van der Waals surface area contributed by atoms with Gasteiger partial charge in [-0.05, 0) is 6.42 Å². The van der Waals surface area contributed by atoms with Gasteiger partial charge < -0.3 is 14.9 Å². The molecule has 0 aliphatic rings. The van der Waals surface area contributed by atoms with Gasteiger partial charge in [0.2, 0.25) is 0 Å². The van der Waals surface area contributed by atoms with E-state index in [4.69, 9.17) is 14.9 Å². The smallest absolute Gasteiger partial charge is 0.160 e. The molecular weight excluding hydrogens is 134 g/mol. The van der Waals surface area contributed by atoms with E-state index in [0.29, 0.717) is 0 Å². The van der Waals surface area contributed by atoms with E-state index in [0.717, 1.165) is 6.42 Å². The maximum Gasteiger partial charge on any atom is 0.160 e. The molecule has 9 heavy (non-hydrogen) atoms. The summed E-state index contributed by atoms with van der Waals surface area (Å²) in [6.07, 6.45) is 0.836. The molecule has 0 aliphatic heterocycles. The van der Waals surface area contributed by atoms with E-state index in [9.17, 15) is 0 Å². The van der Waals surface area contributed by atoms with Crippen LogP contribution >= 0.6 is 0 Å². The molecular formula is C5H15NO2Si. The molecule has 0 amide bonds.